The van der Waals surface area contributed by atoms with E-state index < -0.39 is 0 Å². The number of imidazole rings is 1. The molecular formula is C16H19N3OS. The fraction of sp³-hybridized carbons (Fsp3) is 0.312. The number of aliphatic hydroxyl groups is 1. The minimum absolute atomic E-state index is 0.0954. The van der Waals surface area contributed by atoms with Gasteiger partial charge in [-0.1, -0.05) is 24.3 Å². The number of nitrogens with one attached hydrogen (secondary N) is 1. The first-order valence-electron chi connectivity index (χ1n) is 7.00. The maximum atomic E-state index is 9.04. The smallest absolute Gasteiger partial charge is 0.194 e. The molecule has 0 atom stereocenters. The summed E-state index contributed by atoms with van der Waals surface area (Å²) < 4.78 is 2.22. The van der Waals surface area contributed by atoms with Crippen LogP contribution in [0, 0.1) is 13.8 Å². The normalized spacial score (nSPS) is 11.4. The lowest BCUT2D eigenvalue weighted by atomic mass is 10.1. The van der Waals surface area contributed by atoms with Crippen LogP contribution in [0.2, 0.25) is 0 Å². The molecule has 3 aromatic rings. The average molecular weight is 301 g/mol. The van der Waals surface area contributed by atoms with Crippen molar-refractivity contribution in [2.45, 2.75) is 33.5 Å². The monoisotopic (exact) mass is 301 g/mol. The Labute approximate surface area is 128 Å². The molecule has 3 rings (SSSR count). The molecule has 21 heavy (non-hydrogen) atoms. The SMILES string of the molecule is Cc1nc2scc(C)n2c1CNCc1ccc(CO)cc1. The van der Waals surface area contributed by atoms with Gasteiger partial charge in [-0.2, -0.15) is 0 Å². The van der Waals surface area contributed by atoms with E-state index in [1.807, 2.05) is 24.3 Å². The Kier molecular flexibility index (Phi) is 4.05. The Morgan fingerprint density at radius 2 is 1.86 bits per heavy atom. The van der Waals surface area contributed by atoms with Crippen molar-refractivity contribution in [1.82, 2.24) is 14.7 Å². The van der Waals surface area contributed by atoms with Gasteiger partial charge in [-0.05, 0) is 25.0 Å². The summed E-state index contributed by atoms with van der Waals surface area (Å²) in [7, 11) is 0. The maximum absolute atomic E-state index is 9.04. The Balaban J connectivity index is 1.68. The van der Waals surface area contributed by atoms with E-state index in [2.05, 4.69) is 33.9 Å². The van der Waals surface area contributed by atoms with Crippen molar-refractivity contribution < 1.29 is 5.11 Å². The molecule has 0 radical (unpaired) electrons. The standard InChI is InChI=1S/C16H19N3OS/c1-11-10-21-16-18-12(2)15(19(11)16)8-17-7-13-3-5-14(9-20)6-4-13/h3-6,10,17,20H,7-9H2,1-2H3. The fourth-order valence-corrected chi connectivity index (χ4v) is 3.39. The van der Waals surface area contributed by atoms with Gasteiger partial charge in [0, 0.05) is 24.2 Å². The summed E-state index contributed by atoms with van der Waals surface area (Å²) in [6.45, 7) is 5.87. The van der Waals surface area contributed by atoms with Crippen LogP contribution in [0.4, 0.5) is 0 Å². The minimum atomic E-state index is 0.0954. The highest BCUT2D eigenvalue weighted by molar-refractivity contribution is 7.15. The second kappa shape index (κ2) is 5.97. The summed E-state index contributed by atoms with van der Waals surface area (Å²) in [5.41, 5.74) is 5.72. The van der Waals surface area contributed by atoms with E-state index >= 15 is 0 Å². The number of nitrogens with zero attached hydrogens (tertiary/aromatic N) is 2. The van der Waals surface area contributed by atoms with E-state index in [0.717, 1.165) is 29.3 Å². The van der Waals surface area contributed by atoms with E-state index in [1.54, 1.807) is 11.3 Å². The first kappa shape index (κ1) is 14.3. The molecule has 0 amide bonds. The van der Waals surface area contributed by atoms with Crippen molar-refractivity contribution in [3.05, 3.63) is 57.9 Å². The second-order valence-corrected chi connectivity index (χ2v) is 6.05. The van der Waals surface area contributed by atoms with Crippen LogP contribution in [-0.2, 0) is 19.7 Å². The number of thiazole rings is 1. The van der Waals surface area contributed by atoms with Crippen molar-refractivity contribution in [3.63, 3.8) is 0 Å². The highest BCUT2D eigenvalue weighted by atomic mass is 32.1. The van der Waals surface area contributed by atoms with Gasteiger partial charge in [0.15, 0.2) is 4.96 Å². The lowest BCUT2D eigenvalue weighted by molar-refractivity contribution is 0.282. The zero-order valence-electron chi connectivity index (χ0n) is 12.3. The van der Waals surface area contributed by atoms with Crippen LogP contribution in [0.25, 0.3) is 4.96 Å². The summed E-state index contributed by atoms with van der Waals surface area (Å²) in [6, 6.07) is 8.02. The van der Waals surface area contributed by atoms with E-state index in [0.29, 0.717) is 0 Å². The lowest BCUT2D eigenvalue weighted by Crippen LogP contribution is -2.15. The molecule has 0 spiro atoms. The van der Waals surface area contributed by atoms with Gasteiger partial charge in [0.2, 0.25) is 0 Å². The van der Waals surface area contributed by atoms with Crippen molar-refractivity contribution in [2.75, 3.05) is 0 Å². The first-order valence-corrected chi connectivity index (χ1v) is 7.88. The number of fused-ring (bicyclic) bond motifs is 1. The first-order chi connectivity index (χ1) is 10.2. The summed E-state index contributed by atoms with van der Waals surface area (Å²) >= 11 is 1.68. The van der Waals surface area contributed by atoms with Crippen LogP contribution >= 0.6 is 11.3 Å². The van der Waals surface area contributed by atoms with Crippen LogP contribution in [0.5, 0.6) is 0 Å². The van der Waals surface area contributed by atoms with Crippen LogP contribution < -0.4 is 5.32 Å². The van der Waals surface area contributed by atoms with Crippen molar-refractivity contribution in [2.24, 2.45) is 0 Å². The van der Waals surface area contributed by atoms with Crippen molar-refractivity contribution in [1.29, 1.82) is 0 Å². The van der Waals surface area contributed by atoms with Gasteiger partial charge >= 0.3 is 0 Å². The topological polar surface area (TPSA) is 49.6 Å². The molecule has 0 aliphatic rings. The van der Waals surface area contributed by atoms with Gasteiger partial charge in [0.1, 0.15) is 0 Å². The number of aryl methyl sites for hydroxylation is 2. The zero-order valence-corrected chi connectivity index (χ0v) is 13.1. The molecule has 2 aromatic heterocycles. The van der Waals surface area contributed by atoms with Crippen LogP contribution in [0.15, 0.2) is 29.6 Å². The highest BCUT2D eigenvalue weighted by Crippen LogP contribution is 2.20. The minimum Gasteiger partial charge on any atom is -0.392 e. The number of benzene rings is 1. The number of aliphatic hydroxyl groups excluding tert-OH is 1. The average Bonchev–Trinajstić information content (AvgIpc) is 3.00. The lowest BCUT2D eigenvalue weighted by Gasteiger charge is -2.07. The van der Waals surface area contributed by atoms with Crippen LogP contribution in [0.3, 0.4) is 0 Å². The van der Waals surface area contributed by atoms with Crippen LogP contribution in [-0.4, -0.2) is 14.5 Å². The molecule has 0 aliphatic carbocycles. The zero-order chi connectivity index (χ0) is 14.8. The quantitative estimate of drug-likeness (QED) is 0.762. The second-order valence-electron chi connectivity index (χ2n) is 5.22. The molecule has 0 saturated heterocycles. The van der Waals surface area contributed by atoms with E-state index in [9.17, 15) is 0 Å². The Hall–Kier alpha value is -1.69. The largest absolute Gasteiger partial charge is 0.392 e. The molecule has 0 unspecified atom stereocenters. The summed E-state index contributed by atoms with van der Waals surface area (Å²) in [5, 5.41) is 14.7. The number of aromatic nitrogens is 2. The van der Waals surface area contributed by atoms with Gasteiger partial charge in [0.05, 0.1) is 18.0 Å². The van der Waals surface area contributed by atoms with Gasteiger partial charge in [0.25, 0.3) is 0 Å². The van der Waals surface area contributed by atoms with E-state index in [1.165, 1.54) is 17.0 Å². The van der Waals surface area contributed by atoms with Crippen molar-refractivity contribution >= 4 is 16.3 Å². The molecule has 5 heteroatoms. The molecule has 2 heterocycles. The predicted octanol–water partition coefficient (Wildman–Crippen LogP) is 2.79. The summed E-state index contributed by atoms with van der Waals surface area (Å²) in [4.78, 5) is 5.66. The Bertz CT molecular complexity index is 743. The summed E-state index contributed by atoms with van der Waals surface area (Å²) in [5.74, 6) is 0. The molecular weight excluding hydrogens is 282 g/mol. The number of hydrogen-bond acceptors (Lipinski definition) is 4. The predicted molar refractivity (Wildman–Crippen MR) is 85.5 cm³/mol. The maximum Gasteiger partial charge on any atom is 0.194 e. The highest BCUT2D eigenvalue weighted by Gasteiger charge is 2.11. The molecule has 0 aliphatic heterocycles. The Morgan fingerprint density at radius 3 is 2.57 bits per heavy atom. The molecule has 0 saturated carbocycles. The molecule has 1 aromatic carbocycles. The van der Waals surface area contributed by atoms with E-state index in [-0.39, 0.29) is 6.61 Å². The molecule has 4 nitrogen and oxygen atoms in total. The Morgan fingerprint density at radius 1 is 1.14 bits per heavy atom. The number of hydrogen-bond donors (Lipinski definition) is 2. The van der Waals surface area contributed by atoms with Crippen molar-refractivity contribution in [3.8, 4) is 0 Å². The molecule has 2 N–H and O–H groups in total. The summed E-state index contributed by atoms with van der Waals surface area (Å²) in [6.07, 6.45) is 0. The molecule has 0 bridgehead atoms. The van der Waals surface area contributed by atoms with Gasteiger partial charge in [-0.15, -0.1) is 11.3 Å². The fourth-order valence-electron chi connectivity index (χ4n) is 2.46. The van der Waals surface area contributed by atoms with Crippen LogP contribution in [0.1, 0.15) is 28.2 Å². The number of rotatable bonds is 5. The third-order valence-corrected chi connectivity index (χ3v) is 4.60. The molecule has 0 fully saturated rings. The molecule has 110 valence electrons. The third kappa shape index (κ3) is 2.85. The van der Waals surface area contributed by atoms with Gasteiger partial charge in [-0.25, -0.2) is 4.98 Å². The van der Waals surface area contributed by atoms with E-state index in [4.69, 9.17) is 5.11 Å². The van der Waals surface area contributed by atoms with Gasteiger partial charge in [-0.3, -0.25) is 4.40 Å². The van der Waals surface area contributed by atoms with Gasteiger partial charge < -0.3 is 10.4 Å². The third-order valence-electron chi connectivity index (χ3n) is 3.66.